The van der Waals surface area contributed by atoms with E-state index in [1.165, 1.54) is 16.7 Å². The first-order valence-corrected chi connectivity index (χ1v) is 5.38. The monoisotopic (exact) mass is 211 g/mol. The Bertz CT molecular complexity index is 352. The van der Waals surface area contributed by atoms with E-state index in [1.54, 1.807) is 20.3 Å². The average Bonchev–Trinajstić information content (AvgIpc) is 2.16. The molecule has 0 aromatic carbocycles. The SMILES string of the molecule is CSc1nc(C)ncc1C(=O)N(C)C. The summed E-state index contributed by atoms with van der Waals surface area (Å²) >= 11 is 1.46. The van der Waals surface area contributed by atoms with Crippen molar-refractivity contribution in [2.75, 3.05) is 20.4 Å². The molecule has 76 valence electrons. The quantitative estimate of drug-likeness (QED) is 0.545. The summed E-state index contributed by atoms with van der Waals surface area (Å²) in [5, 5.41) is 0.733. The first kappa shape index (κ1) is 11.0. The van der Waals surface area contributed by atoms with Gasteiger partial charge in [-0.2, -0.15) is 0 Å². The molecule has 0 N–H and O–H groups in total. The van der Waals surface area contributed by atoms with Gasteiger partial charge in [0.1, 0.15) is 10.9 Å². The van der Waals surface area contributed by atoms with E-state index in [2.05, 4.69) is 9.97 Å². The van der Waals surface area contributed by atoms with E-state index in [4.69, 9.17) is 0 Å². The smallest absolute Gasteiger partial charge is 0.257 e. The van der Waals surface area contributed by atoms with Crippen LogP contribution in [0.15, 0.2) is 11.2 Å². The van der Waals surface area contributed by atoms with Gasteiger partial charge in [0.2, 0.25) is 0 Å². The van der Waals surface area contributed by atoms with Gasteiger partial charge in [-0.3, -0.25) is 4.79 Å². The predicted molar refractivity (Wildman–Crippen MR) is 56.6 cm³/mol. The minimum atomic E-state index is -0.0608. The zero-order chi connectivity index (χ0) is 10.7. The Kier molecular flexibility index (Phi) is 3.46. The van der Waals surface area contributed by atoms with Crippen molar-refractivity contribution in [2.45, 2.75) is 11.9 Å². The number of rotatable bonds is 2. The molecular weight excluding hydrogens is 198 g/mol. The molecule has 0 bridgehead atoms. The Hall–Kier alpha value is -1.10. The van der Waals surface area contributed by atoms with Crippen LogP contribution in [0.4, 0.5) is 0 Å². The largest absolute Gasteiger partial charge is 0.345 e. The van der Waals surface area contributed by atoms with Crippen LogP contribution in [0.25, 0.3) is 0 Å². The summed E-state index contributed by atoms with van der Waals surface area (Å²) in [6.07, 6.45) is 3.48. The summed E-state index contributed by atoms with van der Waals surface area (Å²) in [7, 11) is 3.43. The molecule has 0 aliphatic heterocycles. The van der Waals surface area contributed by atoms with E-state index in [-0.39, 0.29) is 5.91 Å². The molecule has 14 heavy (non-hydrogen) atoms. The molecule has 1 aromatic rings. The Labute approximate surface area is 87.7 Å². The maximum Gasteiger partial charge on any atom is 0.257 e. The van der Waals surface area contributed by atoms with Crippen LogP contribution >= 0.6 is 11.8 Å². The van der Waals surface area contributed by atoms with Crippen LogP contribution in [0.5, 0.6) is 0 Å². The number of hydrogen-bond donors (Lipinski definition) is 0. The lowest BCUT2D eigenvalue weighted by molar-refractivity contribution is 0.0823. The summed E-state index contributed by atoms with van der Waals surface area (Å²) in [5.74, 6) is 0.624. The maximum atomic E-state index is 11.7. The first-order chi connectivity index (χ1) is 6.56. The Morgan fingerprint density at radius 3 is 2.64 bits per heavy atom. The summed E-state index contributed by atoms with van der Waals surface area (Å²) in [6, 6.07) is 0. The highest BCUT2D eigenvalue weighted by Gasteiger charge is 2.14. The zero-order valence-electron chi connectivity index (χ0n) is 8.74. The van der Waals surface area contributed by atoms with E-state index in [0.717, 1.165) is 5.03 Å². The fraction of sp³-hybridized carbons (Fsp3) is 0.444. The van der Waals surface area contributed by atoms with Crippen LogP contribution in [0.1, 0.15) is 16.2 Å². The van der Waals surface area contributed by atoms with Crippen molar-refractivity contribution in [2.24, 2.45) is 0 Å². The van der Waals surface area contributed by atoms with Crippen molar-refractivity contribution >= 4 is 17.7 Å². The maximum absolute atomic E-state index is 11.7. The molecule has 0 saturated heterocycles. The second-order valence-electron chi connectivity index (χ2n) is 3.04. The van der Waals surface area contributed by atoms with Crippen LogP contribution in [0, 0.1) is 6.92 Å². The van der Waals surface area contributed by atoms with Gasteiger partial charge in [0, 0.05) is 20.3 Å². The van der Waals surface area contributed by atoms with Crippen LogP contribution in [0.2, 0.25) is 0 Å². The molecule has 1 aromatic heterocycles. The second-order valence-corrected chi connectivity index (χ2v) is 3.83. The Morgan fingerprint density at radius 1 is 1.50 bits per heavy atom. The van der Waals surface area contributed by atoms with Crippen molar-refractivity contribution < 1.29 is 4.79 Å². The number of nitrogens with zero attached hydrogens (tertiary/aromatic N) is 3. The van der Waals surface area contributed by atoms with E-state index in [9.17, 15) is 4.79 Å². The molecule has 1 rings (SSSR count). The molecular formula is C9H13N3OS. The zero-order valence-corrected chi connectivity index (χ0v) is 9.55. The normalized spacial score (nSPS) is 10.0. The molecule has 0 atom stereocenters. The van der Waals surface area contributed by atoms with Gasteiger partial charge in [0.15, 0.2) is 0 Å². The number of aromatic nitrogens is 2. The van der Waals surface area contributed by atoms with Crippen LogP contribution < -0.4 is 0 Å². The van der Waals surface area contributed by atoms with Crippen molar-refractivity contribution in [3.8, 4) is 0 Å². The third kappa shape index (κ3) is 2.23. The van der Waals surface area contributed by atoms with E-state index < -0.39 is 0 Å². The minimum Gasteiger partial charge on any atom is -0.345 e. The fourth-order valence-corrected chi connectivity index (χ4v) is 1.58. The van der Waals surface area contributed by atoms with Crippen LogP contribution in [0.3, 0.4) is 0 Å². The molecule has 1 amide bonds. The number of carbonyl (C=O) groups is 1. The van der Waals surface area contributed by atoms with Gasteiger partial charge in [-0.25, -0.2) is 9.97 Å². The lowest BCUT2D eigenvalue weighted by atomic mass is 10.3. The highest BCUT2D eigenvalue weighted by molar-refractivity contribution is 7.98. The van der Waals surface area contributed by atoms with Crippen molar-refractivity contribution in [1.82, 2.24) is 14.9 Å². The third-order valence-corrected chi connectivity index (χ3v) is 2.40. The molecule has 0 spiro atoms. The van der Waals surface area contributed by atoms with Gasteiger partial charge in [0.25, 0.3) is 5.91 Å². The summed E-state index contributed by atoms with van der Waals surface area (Å²) in [6.45, 7) is 1.81. The number of carbonyl (C=O) groups excluding carboxylic acids is 1. The van der Waals surface area contributed by atoms with Gasteiger partial charge < -0.3 is 4.90 Å². The molecule has 1 heterocycles. The molecule has 0 radical (unpaired) electrons. The summed E-state index contributed by atoms with van der Waals surface area (Å²) in [4.78, 5) is 21.4. The van der Waals surface area contributed by atoms with Gasteiger partial charge in [0.05, 0.1) is 5.56 Å². The van der Waals surface area contributed by atoms with Gasteiger partial charge in [-0.15, -0.1) is 11.8 Å². The summed E-state index contributed by atoms with van der Waals surface area (Å²) in [5.41, 5.74) is 0.563. The first-order valence-electron chi connectivity index (χ1n) is 4.15. The second kappa shape index (κ2) is 4.41. The highest BCUT2D eigenvalue weighted by Crippen LogP contribution is 2.17. The number of hydrogen-bond acceptors (Lipinski definition) is 4. The molecule has 0 aliphatic carbocycles. The van der Waals surface area contributed by atoms with Crippen molar-refractivity contribution in [3.05, 3.63) is 17.6 Å². The fourth-order valence-electron chi connectivity index (χ4n) is 0.992. The number of thioether (sulfide) groups is 1. The minimum absolute atomic E-state index is 0.0608. The number of aryl methyl sites for hydroxylation is 1. The third-order valence-electron chi connectivity index (χ3n) is 1.70. The van der Waals surface area contributed by atoms with Gasteiger partial charge >= 0.3 is 0 Å². The average molecular weight is 211 g/mol. The molecule has 4 nitrogen and oxygen atoms in total. The van der Waals surface area contributed by atoms with Crippen LogP contribution in [-0.4, -0.2) is 41.1 Å². The van der Waals surface area contributed by atoms with Gasteiger partial charge in [-0.05, 0) is 13.2 Å². The van der Waals surface area contributed by atoms with E-state index in [0.29, 0.717) is 11.4 Å². The molecule has 5 heteroatoms. The molecule has 0 saturated carbocycles. The molecule has 0 fully saturated rings. The van der Waals surface area contributed by atoms with E-state index in [1.807, 2.05) is 13.2 Å². The standard InChI is InChI=1S/C9H13N3OS/c1-6-10-5-7(8(11-6)14-4)9(13)12(2)3/h5H,1-4H3. The lowest BCUT2D eigenvalue weighted by Crippen LogP contribution is -2.23. The topological polar surface area (TPSA) is 46.1 Å². The lowest BCUT2D eigenvalue weighted by Gasteiger charge is -2.11. The van der Waals surface area contributed by atoms with E-state index >= 15 is 0 Å². The Balaban J connectivity index is 3.14. The van der Waals surface area contributed by atoms with Crippen molar-refractivity contribution in [3.63, 3.8) is 0 Å². The molecule has 0 unspecified atom stereocenters. The van der Waals surface area contributed by atoms with Crippen LogP contribution in [-0.2, 0) is 0 Å². The van der Waals surface area contributed by atoms with Gasteiger partial charge in [-0.1, -0.05) is 0 Å². The summed E-state index contributed by atoms with van der Waals surface area (Å²) < 4.78 is 0. The molecule has 0 aliphatic rings. The van der Waals surface area contributed by atoms with Crippen molar-refractivity contribution in [1.29, 1.82) is 0 Å². The highest BCUT2D eigenvalue weighted by atomic mass is 32.2. The number of amides is 1. The predicted octanol–water partition coefficient (Wildman–Crippen LogP) is 1.21. The Morgan fingerprint density at radius 2 is 2.14 bits per heavy atom.